The van der Waals surface area contributed by atoms with E-state index in [0.717, 1.165) is 11.7 Å². The van der Waals surface area contributed by atoms with Gasteiger partial charge in [0.1, 0.15) is 5.75 Å². The van der Waals surface area contributed by atoms with Crippen LogP contribution >= 0.6 is 0 Å². The molecule has 0 aromatic heterocycles. The highest BCUT2D eigenvalue weighted by Crippen LogP contribution is 2.34. The van der Waals surface area contributed by atoms with Crippen LogP contribution < -0.4 is 10.1 Å². The van der Waals surface area contributed by atoms with Crippen LogP contribution in [0, 0.1) is 5.92 Å². The van der Waals surface area contributed by atoms with Gasteiger partial charge in [-0.05, 0) is 73.9 Å². The molecule has 0 radical (unpaired) electrons. The molecule has 1 aliphatic carbocycles. The summed E-state index contributed by atoms with van der Waals surface area (Å²) in [6, 6.07) is 4.43. The van der Waals surface area contributed by atoms with Crippen molar-refractivity contribution in [1.82, 2.24) is 5.32 Å². The van der Waals surface area contributed by atoms with Crippen molar-refractivity contribution in [3.05, 3.63) is 28.8 Å². The molecule has 3 rings (SSSR count). The molecule has 0 bridgehead atoms. The summed E-state index contributed by atoms with van der Waals surface area (Å²) in [6.07, 6.45) is 6.34. The van der Waals surface area contributed by atoms with Crippen LogP contribution in [-0.2, 0) is 19.3 Å². The SMILES string of the molecule is COc1ccc2c(c1CC1CCNC1)CCC2. The Morgan fingerprint density at radius 3 is 3.06 bits per heavy atom. The standard InChI is InChI=1S/C15H21NO/c1-17-15-6-5-12-3-2-4-13(12)14(15)9-11-7-8-16-10-11/h5-6,11,16H,2-4,7-10H2,1H3. The van der Waals surface area contributed by atoms with Crippen molar-refractivity contribution in [3.63, 3.8) is 0 Å². The van der Waals surface area contributed by atoms with Gasteiger partial charge in [-0.1, -0.05) is 6.07 Å². The Bertz CT molecular complexity index is 408. The minimum atomic E-state index is 0.802. The van der Waals surface area contributed by atoms with Crippen LogP contribution in [0.4, 0.5) is 0 Å². The first kappa shape index (κ1) is 11.1. The zero-order chi connectivity index (χ0) is 11.7. The van der Waals surface area contributed by atoms with Gasteiger partial charge in [0.2, 0.25) is 0 Å². The summed E-state index contributed by atoms with van der Waals surface area (Å²) in [5.41, 5.74) is 4.65. The van der Waals surface area contributed by atoms with Crippen LogP contribution in [0.15, 0.2) is 12.1 Å². The molecule has 1 unspecified atom stereocenters. The topological polar surface area (TPSA) is 21.3 Å². The maximum atomic E-state index is 5.56. The zero-order valence-corrected chi connectivity index (χ0v) is 10.6. The number of nitrogens with one attached hydrogen (secondary N) is 1. The van der Waals surface area contributed by atoms with Crippen LogP contribution in [0.25, 0.3) is 0 Å². The van der Waals surface area contributed by atoms with Gasteiger partial charge < -0.3 is 10.1 Å². The average molecular weight is 231 g/mol. The second kappa shape index (κ2) is 4.69. The highest BCUT2D eigenvalue weighted by molar-refractivity contribution is 5.47. The van der Waals surface area contributed by atoms with Crippen LogP contribution in [-0.4, -0.2) is 20.2 Å². The molecule has 0 spiro atoms. The molecule has 1 saturated heterocycles. The van der Waals surface area contributed by atoms with E-state index in [-0.39, 0.29) is 0 Å². The molecule has 92 valence electrons. The summed E-state index contributed by atoms with van der Waals surface area (Å²) in [6.45, 7) is 2.36. The molecule has 1 aromatic rings. The summed E-state index contributed by atoms with van der Waals surface area (Å²) in [5, 5.41) is 3.46. The van der Waals surface area contributed by atoms with E-state index in [2.05, 4.69) is 17.4 Å². The average Bonchev–Trinajstić information content (AvgIpc) is 2.99. The van der Waals surface area contributed by atoms with E-state index >= 15 is 0 Å². The lowest BCUT2D eigenvalue weighted by molar-refractivity contribution is 0.404. The predicted molar refractivity (Wildman–Crippen MR) is 69.7 cm³/mol. The molecular formula is C15H21NO. The third kappa shape index (κ3) is 2.06. The first-order chi connectivity index (χ1) is 8.38. The Kier molecular flexibility index (Phi) is 3.06. The summed E-state index contributed by atoms with van der Waals surface area (Å²) in [7, 11) is 1.80. The molecule has 0 saturated carbocycles. The van der Waals surface area contributed by atoms with E-state index in [1.165, 1.54) is 50.8 Å². The normalized spacial score (nSPS) is 22.8. The molecule has 1 heterocycles. The first-order valence-corrected chi connectivity index (χ1v) is 6.77. The van der Waals surface area contributed by atoms with Gasteiger partial charge in [-0.15, -0.1) is 0 Å². The van der Waals surface area contributed by atoms with Crippen LogP contribution in [0.3, 0.4) is 0 Å². The largest absolute Gasteiger partial charge is 0.496 e. The van der Waals surface area contributed by atoms with Crippen molar-refractivity contribution in [2.45, 2.75) is 32.1 Å². The highest BCUT2D eigenvalue weighted by Gasteiger charge is 2.22. The van der Waals surface area contributed by atoms with E-state index in [1.807, 2.05) is 0 Å². The Labute approximate surface area is 103 Å². The second-order valence-electron chi connectivity index (χ2n) is 5.30. The van der Waals surface area contributed by atoms with Crippen molar-refractivity contribution in [2.75, 3.05) is 20.2 Å². The molecule has 1 aromatic carbocycles. The molecule has 1 N–H and O–H groups in total. The minimum absolute atomic E-state index is 0.802. The zero-order valence-electron chi connectivity index (χ0n) is 10.6. The van der Waals surface area contributed by atoms with Crippen molar-refractivity contribution >= 4 is 0 Å². The fourth-order valence-electron chi connectivity index (χ4n) is 3.31. The first-order valence-electron chi connectivity index (χ1n) is 6.77. The van der Waals surface area contributed by atoms with Gasteiger partial charge in [0.25, 0.3) is 0 Å². The number of ether oxygens (including phenoxy) is 1. The lowest BCUT2D eigenvalue weighted by Gasteiger charge is -2.16. The smallest absolute Gasteiger partial charge is 0.122 e. The van der Waals surface area contributed by atoms with Gasteiger partial charge in [0.15, 0.2) is 0 Å². The Morgan fingerprint density at radius 2 is 2.29 bits per heavy atom. The maximum Gasteiger partial charge on any atom is 0.122 e. The van der Waals surface area contributed by atoms with E-state index in [4.69, 9.17) is 4.74 Å². The van der Waals surface area contributed by atoms with Crippen LogP contribution in [0.5, 0.6) is 5.75 Å². The number of rotatable bonds is 3. The lowest BCUT2D eigenvalue weighted by Crippen LogP contribution is -2.12. The fourth-order valence-corrected chi connectivity index (χ4v) is 3.31. The van der Waals surface area contributed by atoms with Crippen LogP contribution in [0.1, 0.15) is 29.5 Å². The van der Waals surface area contributed by atoms with Crippen molar-refractivity contribution in [1.29, 1.82) is 0 Å². The Balaban J connectivity index is 1.92. The molecule has 1 atom stereocenters. The molecular weight excluding hydrogens is 210 g/mol. The van der Waals surface area contributed by atoms with Crippen molar-refractivity contribution in [2.24, 2.45) is 5.92 Å². The van der Waals surface area contributed by atoms with Crippen LogP contribution in [0.2, 0.25) is 0 Å². The second-order valence-corrected chi connectivity index (χ2v) is 5.30. The molecule has 2 nitrogen and oxygen atoms in total. The number of hydrogen-bond acceptors (Lipinski definition) is 2. The number of methoxy groups -OCH3 is 1. The lowest BCUT2D eigenvalue weighted by atomic mass is 9.92. The van der Waals surface area contributed by atoms with Crippen molar-refractivity contribution < 1.29 is 4.74 Å². The predicted octanol–water partition coefficient (Wildman–Crippen LogP) is 2.34. The van der Waals surface area contributed by atoms with Gasteiger partial charge in [-0.2, -0.15) is 0 Å². The third-order valence-electron chi connectivity index (χ3n) is 4.23. The van der Waals surface area contributed by atoms with E-state index in [1.54, 1.807) is 18.2 Å². The number of benzene rings is 1. The van der Waals surface area contributed by atoms with E-state index in [9.17, 15) is 0 Å². The fraction of sp³-hybridized carbons (Fsp3) is 0.600. The monoisotopic (exact) mass is 231 g/mol. The summed E-state index contributed by atoms with van der Waals surface area (Å²) < 4.78 is 5.56. The molecule has 1 aliphatic heterocycles. The van der Waals surface area contributed by atoms with E-state index < -0.39 is 0 Å². The van der Waals surface area contributed by atoms with Gasteiger partial charge in [0.05, 0.1) is 7.11 Å². The Hall–Kier alpha value is -1.02. The molecule has 1 fully saturated rings. The minimum Gasteiger partial charge on any atom is -0.496 e. The van der Waals surface area contributed by atoms with E-state index in [0.29, 0.717) is 0 Å². The number of hydrogen-bond donors (Lipinski definition) is 1. The molecule has 0 amide bonds. The molecule has 17 heavy (non-hydrogen) atoms. The summed E-state index contributed by atoms with van der Waals surface area (Å²) in [5.74, 6) is 1.91. The maximum absolute atomic E-state index is 5.56. The third-order valence-corrected chi connectivity index (χ3v) is 4.23. The molecule has 2 aliphatic rings. The van der Waals surface area contributed by atoms with Gasteiger partial charge >= 0.3 is 0 Å². The number of fused-ring (bicyclic) bond motifs is 1. The summed E-state index contributed by atoms with van der Waals surface area (Å²) >= 11 is 0. The Morgan fingerprint density at radius 1 is 1.35 bits per heavy atom. The highest BCUT2D eigenvalue weighted by atomic mass is 16.5. The van der Waals surface area contributed by atoms with Crippen molar-refractivity contribution in [3.8, 4) is 5.75 Å². The van der Waals surface area contributed by atoms with Gasteiger partial charge in [0, 0.05) is 0 Å². The quantitative estimate of drug-likeness (QED) is 0.862. The van der Waals surface area contributed by atoms with Gasteiger partial charge in [-0.25, -0.2) is 0 Å². The summed E-state index contributed by atoms with van der Waals surface area (Å²) in [4.78, 5) is 0. The molecule has 2 heteroatoms. The van der Waals surface area contributed by atoms with Gasteiger partial charge in [-0.3, -0.25) is 0 Å². The number of aryl methyl sites for hydroxylation is 1.